The van der Waals surface area contributed by atoms with Gasteiger partial charge in [0.05, 0.1) is 22.8 Å². The molecule has 1 aliphatic rings. The van der Waals surface area contributed by atoms with E-state index < -0.39 is 0 Å². The van der Waals surface area contributed by atoms with Crippen LogP contribution in [0, 0.1) is 0 Å². The smallest absolute Gasteiger partial charge is 0.258 e. The Kier molecular flexibility index (Phi) is 7.37. The second kappa shape index (κ2) is 11.0. The fourth-order valence-electron chi connectivity index (χ4n) is 3.99. The van der Waals surface area contributed by atoms with Crippen LogP contribution in [0.5, 0.6) is 5.75 Å². The first-order chi connectivity index (χ1) is 17.1. The van der Waals surface area contributed by atoms with Crippen LogP contribution in [-0.2, 0) is 22.5 Å². The molecule has 4 heterocycles. The normalized spacial score (nSPS) is 15.9. The van der Waals surface area contributed by atoms with Gasteiger partial charge in [-0.2, -0.15) is 0 Å². The molecule has 1 aromatic carbocycles. The van der Waals surface area contributed by atoms with Gasteiger partial charge in [-0.3, -0.25) is 19.3 Å². The van der Waals surface area contributed by atoms with E-state index in [0.717, 1.165) is 60.3 Å². The van der Waals surface area contributed by atoms with Gasteiger partial charge in [-0.25, -0.2) is 0 Å². The number of pyridine rings is 3. The molecule has 4 aromatic rings. The second-order valence-electron chi connectivity index (χ2n) is 8.42. The summed E-state index contributed by atoms with van der Waals surface area (Å²) in [5.41, 5.74) is 3.16. The third-order valence-electron chi connectivity index (χ3n) is 5.87. The molecule has 8 heteroatoms. The van der Waals surface area contributed by atoms with Crippen molar-refractivity contribution in [2.45, 2.75) is 38.6 Å². The number of nitrogens with zero attached hydrogens (tertiary/aromatic N) is 3. The number of hydrogen-bond acceptors (Lipinski definition) is 6. The zero-order valence-electron chi connectivity index (χ0n) is 19.2. The first-order valence-electron chi connectivity index (χ1n) is 11.7. The predicted molar refractivity (Wildman–Crippen MR) is 134 cm³/mol. The lowest BCUT2D eigenvalue weighted by molar-refractivity contribution is -0.161. The molecule has 35 heavy (non-hydrogen) atoms. The number of rotatable bonds is 8. The average molecular weight is 492 g/mol. The molecule has 0 N–H and O–H groups in total. The minimum absolute atomic E-state index is 0.0871. The fourth-order valence-corrected chi connectivity index (χ4v) is 4.11. The monoisotopic (exact) mass is 491 g/mol. The quantitative estimate of drug-likeness (QED) is 0.341. The number of hydrogen-bond donors (Lipinski definition) is 0. The van der Waals surface area contributed by atoms with Crippen molar-refractivity contribution in [3.63, 3.8) is 0 Å². The fraction of sp³-hybridized carbons (Fsp3) is 0.296. The molecule has 0 aliphatic carbocycles. The predicted octanol–water partition coefficient (Wildman–Crippen LogP) is 5.10. The summed E-state index contributed by atoms with van der Waals surface area (Å²) >= 11 is 5.86. The molecule has 0 amide bonds. The first kappa shape index (κ1) is 23.5. The van der Waals surface area contributed by atoms with Gasteiger partial charge in [0.25, 0.3) is 5.56 Å². The molecule has 1 atom stereocenters. The van der Waals surface area contributed by atoms with Crippen molar-refractivity contribution in [3.05, 3.63) is 93.8 Å². The minimum atomic E-state index is -0.183. The van der Waals surface area contributed by atoms with Gasteiger partial charge in [0, 0.05) is 48.3 Å². The van der Waals surface area contributed by atoms with E-state index in [0.29, 0.717) is 17.4 Å². The van der Waals surface area contributed by atoms with Crippen LogP contribution >= 0.6 is 11.6 Å². The number of benzene rings is 1. The van der Waals surface area contributed by atoms with Crippen LogP contribution < -0.4 is 10.3 Å². The highest BCUT2D eigenvalue weighted by atomic mass is 35.5. The first-order valence-corrected chi connectivity index (χ1v) is 12.1. The third kappa shape index (κ3) is 6.06. The molecule has 1 saturated heterocycles. The number of ether oxygens (including phenoxy) is 3. The molecular formula is C27H26ClN3O4. The van der Waals surface area contributed by atoms with Gasteiger partial charge in [0.15, 0.2) is 6.29 Å². The van der Waals surface area contributed by atoms with Crippen LogP contribution in [0.25, 0.3) is 16.6 Å². The highest BCUT2D eigenvalue weighted by Crippen LogP contribution is 2.19. The van der Waals surface area contributed by atoms with Crippen LogP contribution in [0.3, 0.4) is 0 Å². The Balaban J connectivity index is 1.23. The van der Waals surface area contributed by atoms with Gasteiger partial charge >= 0.3 is 0 Å². The van der Waals surface area contributed by atoms with Crippen molar-refractivity contribution in [2.75, 3.05) is 13.2 Å². The summed E-state index contributed by atoms with van der Waals surface area (Å²) in [6.45, 7) is 1.61. The largest absolute Gasteiger partial charge is 0.487 e. The Labute approximate surface area is 208 Å². The van der Waals surface area contributed by atoms with Crippen LogP contribution in [0.2, 0.25) is 5.02 Å². The molecular weight excluding hydrogens is 466 g/mol. The summed E-state index contributed by atoms with van der Waals surface area (Å²) in [6.07, 6.45) is 7.14. The lowest BCUT2D eigenvalue weighted by Gasteiger charge is -2.22. The topological polar surface area (TPSA) is 75.5 Å². The molecule has 5 rings (SSSR count). The summed E-state index contributed by atoms with van der Waals surface area (Å²) in [5, 5.41) is 1.53. The van der Waals surface area contributed by atoms with Gasteiger partial charge in [-0.05, 0) is 61.7 Å². The van der Waals surface area contributed by atoms with Crippen LogP contribution in [0.4, 0.5) is 0 Å². The molecule has 1 aliphatic heterocycles. The Hall–Kier alpha value is -3.26. The average Bonchev–Trinajstić information content (AvgIpc) is 2.89. The number of fused-ring (bicyclic) bond motifs is 1. The molecule has 0 spiro atoms. The summed E-state index contributed by atoms with van der Waals surface area (Å²) < 4.78 is 18.7. The lowest BCUT2D eigenvalue weighted by atomic mass is 10.1. The van der Waals surface area contributed by atoms with Gasteiger partial charge in [0.2, 0.25) is 0 Å². The maximum atomic E-state index is 12.7. The minimum Gasteiger partial charge on any atom is -0.487 e. The van der Waals surface area contributed by atoms with E-state index in [2.05, 4.69) is 4.98 Å². The zero-order chi connectivity index (χ0) is 24.0. The molecule has 1 fully saturated rings. The molecule has 3 aromatic heterocycles. The molecule has 0 radical (unpaired) electrons. The lowest BCUT2D eigenvalue weighted by Crippen LogP contribution is -2.23. The summed E-state index contributed by atoms with van der Waals surface area (Å²) in [6, 6.07) is 16.6. The van der Waals surface area contributed by atoms with Crippen LogP contribution in [-0.4, -0.2) is 34.0 Å². The van der Waals surface area contributed by atoms with Crippen molar-refractivity contribution in [1.29, 1.82) is 0 Å². The highest BCUT2D eigenvalue weighted by Gasteiger charge is 2.14. The maximum absolute atomic E-state index is 12.7. The third-order valence-corrected chi connectivity index (χ3v) is 6.10. The van der Waals surface area contributed by atoms with Crippen LogP contribution in [0.15, 0.2) is 71.8 Å². The Morgan fingerprint density at radius 1 is 1.06 bits per heavy atom. The second-order valence-corrected chi connectivity index (χ2v) is 8.86. The molecule has 7 nitrogen and oxygen atoms in total. The van der Waals surface area contributed by atoms with E-state index in [1.807, 2.05) is 30.3 Å². The summed E-state index contributed by atoms with van der Waals surface area (Å²) in [4.78, 5) is 21.7. The Morgan fingerprint density at radius 3 is 2.77 bits per heavy atom. The van der Waals surface area contributed by atoms with Crippen molar-refractivity contribution in [1.82, 2.24) is 14.5 Å². The van der Waals surface area contributed by atoms with E-state index >= 15 is 0 Å². The van der Waals surface area contributed by atoms with Crippen LogP contribution in [0.1, 0.15) is 30.7 Å². The molecule has 1 unspecified atom stereocenters. The Morgan fingerprint density at radius 2 is 1.97 bits per heavy atom. The molecule has 180 valence electrons. The van der Waals surface area contributed by atoms with E-state index in [1.165, 1.54) is 6.07 Å². The number of halogens is 1. The van der Waals surface area contributed by atoms with Crippen molar-refractivity contribution >= 4 is 22.5 Å². The SMILES string of the molecule is O=c1cc(OCc2ccc(Cl)cn2)ccn1-c1ccc2nc(CCOC3CCCCO3)ccc2c1. The van der Waals surface area contributed by atoms with Crippen molar-refractivity contribution < 1.29 is 14.2 Å². The maximum Gasteiger partial charge on any atom is 0.258 e. The van der Waals surface area contributed by atoms with Crippen molar-refractivity contribution in [3.8, 4) is 11.4 Å². The molecule has 0 saturated carbocycles. The van der Waals surface area contributed by atoms with E-state index in [-0.39, 0.29) is 18.5 Å². The standard InChI is InChI=1S/C27H26ClN3O4/c28-20-5-7-22(29-17-20)18-35-24-10-12-31(26(32)16-24)23-8-9-25-19(15-23)4-6-21(30-25)11-14-34-27-3-1-2-13-33-27/h4-10,12,15-17,27H,1-3,11,13-14,18H2. The van der Waals surface area contributed by atoms with E-state index in [1.54, 1.807) is 35.2 Å². The molecule has 0 bridgehead atoms. The zero-order valence-corrected chi connectivity index (χ0v) is 20.0. The highest BCUT2D eigenvalue weighted by molar-refractivity contribution is 6.30. The van der Waals surface area contributed by atoms with Gasteiger partial charge in [-0.1, -0.05) is 17.7 Å². The summed E-state index contributed by atoms with van der Waals surface area (Å²) in [7, 11) is 0. The van der Waals surface area contributed by atoms with E-state index in [9.17, 15) is 4.79 Å². The van der Waals surface area contributed by atoms with Gasteiger partial charge in [0.1, 0.15) is 12.4 Å². The Bertz CT molecular complexity index is 1350. The van der Waals surface area contributed by atoms with Gasteiger partial charge in [-0.15, -0.1) is 0 Å². The van der Waals surface area contributed by atoms with Gasteiger partial charge < -0.3 is 14.2 Å². The van der Waals surface area contributed by atoms with Crippen molar-refractivity contribution in [2.24, 2.45) is 0 Å². The van der Waals surface area contributed by atoms with E-state index in [4.69, 9.17) is 30.8 Å². The number of aromatic nitrogens is 3. The summed E-state index contributed by atoms with van der Waals surface area (Å²) in [5.74, 6) is 0.482.